The molecule has 0 saturated heterocycles. The summed E-state index contributed by atoms with van der Waals surface area (Å²) in [5.74, 6) is 0.330. The molecule has 9 nitrogen and oxygen atoms in total. The first kappa shape index (κ1) is 21.9. The molecule has 1 unspecified atom stereocenters. The molecule has 2 aromatic carbocycles. The van der Waals surface area contributed by atoms with Crippen molar-refractivity contribution in [1.29, 1.82) is 0 Å². The Bertz CT molecular complexity index is 1050. The second-order valence-corrected chi connectivity index (χ2v) is 7.03. The fourth-order valence-electron chi connectivity index (χ4n) is 3.08. The minimum atomic E-state index is -0.574. The summed E-state index contributed by atoms with van der Waals surface area (Å²) in [7, 11) is 0. The van der Waals surface area contributed by atoms with Gasteiger partial charge in [-0.1, -0.05) is 0 Å². The van der Waals surface area contributed by atoms with Crippen LogP contribution < -0.4 is 20.8 Å². The third kappa shape index (κ3) is 5.43. The maximum absolute atomic E-state index is 12.9. The Kier molecular flexibility index (Phi) is 6.93. The van der Waals surface area contributed by atoms with Gasteiger partial charge in [-0.3, -0.25) is 14.9 Å². The number of allylic oxidation sites excluding steroid dienone is 1. The molecule has 1 aliphatic heterocycles. The van der Waals surface area contributed by atoms with E-state index in [1.807, 2.05) is 31.2 Å². The van der Waals surface area contributed by atoms with E-state index in [0.717, 1.165) is 11.3 Å². The van der Waals surface area contributed by atoms with Gasteiger partial charge >= 0.3 is 0 Å². The molecule has 1 atom stereocenters. The molecule has 1 heterocycles. The molecular formula is C21H21N5O4S. The number of nitrogens with zero attached hydrogens (tertiary/aromatic N) is 2. The zero-order valence-corrected chi connectivity index (χ0v) is 17.7. The van der Waals surface area contributed by atoms with E-state index in [1.54, 1.807) is 19.1 Å². The predicted octanol–water partition coefficient (Wildman–Crippen LogP) is 2.94. The molecule has 1 amide bonds. The number of nitro groups is 1. The summed E-state index contributed by atoms with van der Waals surface area (Å²) in [5, 5.41) is 21.3. The number of hydrazone groups is 1. The molecule has 0 aliphatic carbocycles. The number of ether oxygens (including phenoxy) is 1. The van der Waals surface area contributed by atoms with E-state index in [4.69, 9.17) is 17.0 Å². The van der Waals surface area contributed by atoms with Crippen LogP contribution >= 0.6 is 12.2 Å². The SMILES string of the molecule is CCOc1ccc(C=NNC(=O)C2=C(C)NC(=S)NC2c2ccc([N+](=O)[O-])cc2)cc1. The fraction of sp³-hybridized carbons (Fsp3) is 0.190. The van der Waals surface area contributed by atoms with Crippen LogP contribution in [0.4, 0.5) is 5.69 Å². The molecule has 160 valence electrons. The number of thiocarbonyl (C=S) groups is 1. The van der Waals surface area contributed by atoms with Gasteiger partial charge in [0.15, 0.2) is 5.11 Å². The van der Waals surface area contributed by atoms with Crippen LogP contribution in [0.2, 0.25) is 0 Å². The van der Waals surface area contributed by atoms with Crippen LogP contribution in [0.5, 0.6) is 5.75 Å². The number of nitro benzene ring substituents is 1. The van der Waals surface area contributed by atoms with Gasteiger partial charge in [-0.05, 0) is 73.6 Å². The largest absolute Gasteiger partial charge is 0.494 e. The van der Waals surface area contributed by atoms with Gasteiger partial charge in [0, 0.05) is 17.8 Å². The van der Waals surface area contributed by atoms with Crippen LogP contribution in [0, 0.1) is 10.1 Å². The number of benzene rings is 2. The van der Waals surface area contributed by atoms with Gasteiger partial charge in [0.2, 0.25) is 0 Å². The quantitative estimate of drug-likeness (QED) is 0.263. The van der Waals surface area contributed by atoms with Gasteiger partial charge in [-0.25, -0.2) is 5.43 Å². The highest BCUT2D eigenvalue weighted by Gasteiger charge is 2.30. The predicted molar refractivity (Wildman–Crippen MR) is 121 cm³/mol. The minimum absolute atomic E-state index is 0.0353. The molecule has 3 N–H and O–H groups in total. The Balaban J connectivity index is 1.77. The Morgan fingerprint density at radius 1 is 1.26 bits per heavy atom. The zero-order chi connectivity index (χ0) is 22.4. The third-order valence-electron chi connectivity index (χ3n) is 4.52. The lowest BCUT2D eigenvalue weighted by molar-refractivity contribution is -0.384. The number of amides is 1. The average molecular weight is 439 g/mol. The Morgan fingerprint density at radius 3 is 2.55 bits per heavy atom. The highest BCUT2D eigenvalue weighted by Crippen LogP contribution is 2.28. The van der Waals surface area contributed by atoms with Crippen molar-refractivity contribution in [3.8, 4) is 5.75 Å². The van der Waals surface area contributed by atoms with Crippen LogP contribution in [0.1, 0.15) is 31.0 Å². The summed E-state index contributed by atoms with van der Waals surface area (Å²) >= 11 is 5.21. The molecule has 31 heavy (non-hydrogen) atoms. The van der Waals surface area contributed by atoms with Crippen molar-refractivity contribution >= 4 is 35.1 Å². The average Bonchev–Trinajstić information content (AvgIpc) is 2.74. The molecular weight excluding hydrogens is 418 g/mol. The highest BCUT2D eigenvalue weighted by atomic mass is 32.1. The van der Waals surface area contributed by atoms with E-state index < -0.39 is 16.9 Å². The maximum Gasteiger partial charge on any atom is 0.271 e. The van der Waals surface area contributed by atoms with Crippen LogP contribution in [-0.4, -0.2) is 28.8 Å². The van der Waals surface area contributed by atoms with Gasteiger partial charge in [0.1, 0.15) is 5.75 Å². The summed E-state index contributed by atoms with van der Waals surface area (Å²) in [6.07, 6.45) is 1.53. The van der Waals surface area contributed by atoms with E-state index >= 15 is 0 Å². The lowest BCUT2D eigenvalue weighted by Crippen LogP contribution is -2.46. The van der Waals surface area contributed by atoms with E-state index in [0.29, 0.717) is 28.6 Å². The van der Waals surface area contributed by atoms with Crippen molar-refractivity contribution in [2.45, 2.75) is 19.9 Å². The van der Waals surface area contributed by atoms with Gasteiger partial charge in [0.05, 0.1) is 29.4 Å². The molecule has 0 spiro atoms. The Hall–Kier alpha value is -3.79. The molecule has 0 bridgehead atoms. The normalized spacial score (nSPS) is 15.9. The summed E-state index contributed by atoms with van der Waals surface area (Å²) in [5.41, 5.74) is 4.90. The standard InChI is InChI=1S/C21H21N5O4S/c1-3-30-17-10-4-14(5-11-17)12-22-25-20(27)18-13(2)23-21(31)24-19(18)15-6-8-16(9-7-15)26(28)29/h4-12,19H,3H2,1-2H3,(H,25,27)(H2,23,24,31). The fourth-order valence-corrected chi connectivity index (χ4v) is 3.35. The number of carbonyl (C=O) groups excluding carboxylic acids is 1. The van der Waals surface area contributed by atoms with Crippen LogP contribution in [0.3, 0.4) is 0 Å². The van der Waals surface area contributed by atoms with Crippen LogP contribution in [0.15, 0.2) is 64.9 Å². The molecule has 0 fully saturated rings. The van der Waals surface area contributed by atoms with E-state index in [9.17, 15) is 14.9 Å². The number of nitrogens with one attached hydrogen (secondary N) is 3. The minimum Gasteiger partial charge on any atom is -0.494 e. The molecule has 0 radical (unpaired) electrons. The zero-order valence-electron chi connectivity index (χ0n) is 16.9. The molecule has 1 aliphatic rings. The van der Waals surface area contributed by atoms with Crippen molar-refractivity contribution in [2.75, 3.05) is 6.61 Å². The maximum atomic E-state index is 12.9. The third-order valence-corrected chi connectivity index (χ3v) is 4.74. The summed E-state index contributed by atoms with van der Waals surface area (Å²) in [6.45, 7) is 4.23. The monoisotopic (exact) mass is 439 g/mol. The second-order valence-electron chi connectivity index (χ2n) is 6.62. The smallest absolute Gasteiger partial charge is 0.271 e. The Morgan fingerprint density at radius 2 is 1.94 bits per heavy atom. The van der Waals surface area contributed by atoms with Gasteiger partial charge in [0.25, 0.3) is 11.6 Å². The lowest BCUT2D eigenvalue weighted by atomic mass is 9.95. The van der Waals surface area contributed by atoms with Crippen LogP contribution in [0.25, 0.3) is 0 Å². The van der Waals surface area contributed by atoms with Crippen molar-refractivity contribution in [3.05, 3.63) is 81.0 Å². The number of rotatable bonds is 7. The first-order chi connectivity index (χ1) is 14.9. The van der Waals surface area contributed by atoms with Gasteiger partial charge in [-0.15, -0.1) is 0 Å². The van der Waals surface area contributed by atoms with Gasteiger partial charge in [-0.2, -0.15) is 5.10 Å². The first-order valence-corrected chi connectivity index (χ1v) is 9.88. The van der Waals surface area contributed by atoms with Crippen molar-refractivity contribution < 1.29 is 14.5 Å². The first-order valence-electron chi connectivity index (χ1n) is 9.48. The Labute approximate surface area is 184 Å². The van der Waals surface area contributed by atoms with E-state index in [1.165, 1.54) is 18.3 Å². The number of hydrogen-bond acceptors (Lipinski definition) is 6. The summed E-state index contributed by atoms with van der Waals surface area (Å²) < 4.78 is 5.40. The molecule has 0 aromatic heterocycles. The topological polar surface area (TPSA) is 118 Å². The highest BCUT2D eigenvalue weighted by molar-refractivity contribution is 7.80. The molecule has 0 saturated carbocycles. The summed E-state index contributed by atoms with van der Waals surface area (Å²) in [6, 6.07) is 12.7. The molecule has 2 aromatic rings. The molecule has 10 heteroatoms. The van der Waals surface area contributed by atoms with Crippen molar-refractivity contribution in [1.82, 2.24) is 16.1 Å². The van der Waals surface area contributed by atoms with E-state index in [2.05, 4.69) is 21.2 Å². The van der Waals surface area contributed by atoms with Crippen molar-refractivity contribution in [2.24, 2.45) is 5.10 Å². The number of hydrogen-bond donors (Lipinski definition) is 3. The van der Waals surface area contributed by atoms with E-state index in [-0.39, 0.29) is 5.69 Å². The molecule has 3 rings (SSSR count). The summed E-state index contributed by atoms with van der Waals surface area (Å²) in [4.78, 5) is 23.3. The lowest BCUT2D eigenvalue weighted by Gasteiger charge is -2.29. The van der Waals surface area contributed by atoms with Crippen molar-refractivity contribution in [3.63, 3.8) is 0 Å². The van der Waals surface area contributed by atoms with Gasteiger partial charge < -0.3 is 15.4 Å². The number of carbonyl (C=O) groups is 1. The number of non-ortho nitro benzene ring substituents is 1. The second kappa shape index (κ2) is 9.81. The van der Waals surface area contributed by atoms with Crippen LogP contribution in [-0.2, 0) is 4.79 Å².